The average Bonchev–Trinajstić information content (AvgIpc) is 2.73. The van der Waals surface area contributed by atoms with Crippen LogP contribution < -0.4 is 5.32 Å². The quantitative estimate of drug-likeness (QED) is 0.768. The van der Waals surface area contributed by atoms with Crippen molar-refractivity contribution in [3.63, 3.8) is 0 Å². The summed E-state index contributed by atoms with van der Waals surface area (Å²) < 4.78 is 0. The molecule has 1 unspecified atom stereocenters. The predicted molar refractivity (Wildman–Crippen MR) is 66.2 cm³/mol. The van der Waals surface area contributed by atoms with Crippen LogP contribution in [-0.4, -0.2) is 11.4 Å². The van der Waals surface area contributed by atoms with Crippen molar-refractivity contribution in [3.8, 4) is 0 Å². The highest BCUT2D eigenvalue weighted by molar-refractivity contribution is 6.02. The van der Waals surface area contributed by atoms with E-state index in [1.165, 1.54) is 17.6 Å². The summed E-state index contributed by atoms with van der Waals surface area (Å²) in [7, 11) is 0. The number of hydrogen-bond acceptors (Lipinski definition) is 1. The molecule has 1 saturated carbocycles. The Kier molecular flexibility index (Phi) is 1.56. The fraction of sp³-hybridized carbons (Fsp3) is 0.400. The van der Waals surface area contributed by atoms with Crippen LogP contribution in [0.2, 0.25) is 0 Å². The normalized spacial score (nSPS) is 30.3. The first-order valence-electron chi connectivity index (χ1n) is 6.35. The lowest BCUT2D eigenvalue weighted by atomic mass is 9.78. The van der Waals surface area contributed by atoms with Crippen molar-refractivity contribution in [2.45, 2.75) is 31.7 Å². The van der Waals surface area contributed by atoms with Crippen LogP contribution in [0.5, 0.6) is 0 Å². The zero-order valence-corrected chi connectivity index (χ0v) is 9.92. The van der Waals surface area contributed by atoms with Gasteiger partial charge >= 0.3 is 0 Å². The number of allylic oxidation sites excluding steroid dienone is 6. The zero-order chi connectivity index (χ0) is 11.6. The maximum atomic E-state index is 12.2. The highest BCUT2D eigenvalue weighted by Gasteiger charge is 2.41. The standard InChI is InChI=1S/C15H15NO/c1-15(5-2-6-15)16-14(17)11-4-3-10-12-7-9(12)8-13(10)11/h3-4,7-8,12H,2,5-6H2,1H3,(H,16,17). The monoisotopic (exact) mass is 225 g/mol. The lowest BCUT2D eigenvalue weighted by Crippen LogP contribution is -2.51. The molecule has 0 saturated heterocycles. The Morgan fingerprint density at radius 2 is 2.24 bits per heavy atom. The van der Waals surface area contributed by atoms with Crippen LogP contribution in [0.15, 0.2) is 46.6 Å². The summed E-state index contributed by atoms with van der Waals surface area (Å²) >= 11 is 0. The number of hydrogen-bond donors (Lipinski definition) is 1. The molecule has 0 aromatic heterocycles. The second kappa shape index (κ2) is 2.81. The summed E-state index contributed by atoms with van der Waals surface area (Å²) in [6.45, 7) is 2.14. The van der Waals surface area contributed by atoms with Gasteiger partial charge in [0.15, 0.2) is 0 Å². The van der Waals surface area contributed by atoms with Gasteiger partial charge in [-0.3, -0.25) is 4.79 Å². The molecular formula is C15H15NO. The van der Waals surface area contributed by atoms with Gasteiger partial charge in [-0.25, -0.2) is 0 Å². The van der Waals surface area contributed by atoms with E-state index >= 15 is 0 Å². The van der Waals surface area contributed by atoms with Crippen molar-refractivity contribution in [1.29, 1.82) is 0 Å². The van der Waals surface area contributed by atoms with Gasteiger partial charge < -0.3 is 5.32 Å². The number of nitrogens with one attached hydrogen (secondary N) is 1. The van der Waals surface area contributed by atoms with Crippen molar-refractivity contribution < 1.29 is 4.79 Å². The Labute approximate surface area is 101 Å². The Hall–Kier alpha value is -1.57. The number of amides is 1. The summed E-state index contributed by atoms with van der Waals surface area (Å²) in [4.78, 5) is 12.2. The fourth-order valence-electron chi connectivity index (χ4n) is 3.03. The van der Waals surface area contributed by atoms with Gasteiger partial charge in [0.05, 0.1) is 0 Å². The highest BCUT2D eigenvalue weighted by Crippen LogP contribution is 2.51. The topological polar surface area (TPSA) is 29.1 Å². The van der Waals surface area contributed by atoms with Gasteiger partial charge in [-0.15, -0.1) is 0 Å². The molecular weight excluding hydrogens is 210 g/mol. The Balaban J connectivity index is 1.55. The third kappa shape index (κ3) is 1.24. The van der Waals surface area contributed by atoms with Crippen molar-refractivity contribution >= 4 is 5.91 Å². The van der Waals surface area contributed by atoms with Gasteiger partial charge in [0.1, 0.15) is 0 Å². The lowest BCUT2D eigenvalue weighted by molar-refractivity contribution is -0.119. The van der Waals surface area contributed by atoms with Crippen molar-refractivity contribution in [1.82, 2.24) is 5.32 Å². The molecule has 1 N–H and O–H groups in total. The number of carbonyl (C=O) groups excluding carboxylic acids is 1. The van der Waals surface area contributed by atoms with E-state index in [-0.39, 0.29) is 11.4 Å². The van der Waals surface area contributed by atoms with E-state index in [2.05, 4.69) is 30.5 Å². The molecule has 2 nitrogen and oxygen atoms in total. The van der Waals surface area contributed by atoms with Crippen molar-refractivity contribution in [3.05, 3.63) is 46.6 Å². The van der Waals surface area contributed by atoms with Crippen LogP contribution in [0.4, 0.5) is 0 Å². The molecule has 1 amide bonds. The van der Waals surface area contributed by atoms with E-state index in [0.29, 0.717) is 5.92 Å². The Morgan fingerprint density at radius 3 is 2.94 bits per heavy atom. The SMILES string of the molecule is CC1(NC(=O)C2=CC=C3C2=CC2=CC23)CCC1. The summed E-state index contributed by atoms with van der Waals surface area (Å²) in [6.07, 6.45) is 11.9. The zero-order valence-electron chi connectivity index (χ0n) is 9.92. The predicted octanol–water partition coefficient (Wildman–Crippen LogP) is 2.41. The van der Waals surface area contributed by atoms with Gasteiger partial charge in [-0.05, 0) is 55.1 Å². The molecule has 0 heterocycles. The van der Waals surface area contributed by atoms with E-state index in [1.54, 1.807) is 0 Å². The first kappa shape index (κ1) is 9.46. The smallest absolute Gasteiger partial charge is 0.252 e. The van der Waals surface area contributed by atoms with Gasteiger partial charge in [-0.2, -0.15) is 0 Å². The van der Waals surface area contributed by atoms with Gasteiger partial charge in [0.2, 0.25) is 0 Å². The molecule has 2 heteroatoms. The van der Waals surface area contributed by atoms with Crippen LogP contribution in [0.1, 0.15) is 26.2 Å². The van der Waals surface area contributed by atoms with Crippen LogP contribution in [0.25, 0.3) is 0 Å². The largest absolute Gasteiger partial charge is 0.347 e. The van der Waals surface area contributed by atoms with E-state index in [1.807, 2.05) is 6.08 Å². The van der Waals surface area contributed by atoms with E-state index in [0.717, 1.165) is 24.0 Å². The third-order valence-electron chi connectivity index (χ3n) is 4.40. The Morgan fingerprint density at radius 1 is 1.41 bits per heavy atom. The fourth-order valence-corrected chi connectivity index (χ4v) is 3.03. The molecule has 0 aliphatic heterocycles. The molecule has 0 aromatic carbocycles. The summed E-state index contributed by atoms with van der Waals surface area (Å²) in [6, 6.07) is 0. The molecule has 0 aromatic rings. The maximum Gasteiger partial charge on any atom is 0.252 e. The number of rotatable bonds is 2. The molecule has 4 rings (SSSR count). The minimum atomic E-state index is 0.0437. The molecule has 1 fully saturated rings. The average molecular weight is 225 g/mol. The van der Waals surface area contributed by atoms with E-state index < -0.39 is 0 Å². The van der Waals surface area contributed by atoms with Crippen molar-refractivity contribution in [2.24, 2.45) is 5.92 Å². The molecule has 1 atom stereocenters. The second-order valence-electron chi connectivity index (χ2n) is 5.77. The molecule has 17 heavy (non-hydrogen) atoms. The molecule has 4 aliphatic carbocycles. The summed E-state index contributed by atoms with van der Waals surface area (Å²) in [5.74, 6) is 0.637. The van der Waals surface area contributed by atoms with Gasteiger partial charge in [-0.1, -0.05) is 12.2 Å². The molecule has 4 aliphatic rings. The Bertz CT molecular complexity index is 555. The molecule has 0 spiro atoms. The van der Waals surface area contributed by atoms with Crippen LogP contribution in [0, 0.1) is 5.92 Å². The van der Waals surface area contributed by atoms with E-state index in [9.17, 15) is 4.79 Å². The van der Waals surface area contributed by atoms with Crippen molar-refractivity contribution in [2.75, 3.05) is 0 Å². The van der Waals surface area contributed by atoms with Gasteiger partial charge in [0.25, 0.3) is 5.91 Å². The lowest BCUT2D eigenvalue weighted by Gasteiger charge is -2.39. The van der Waals surface area contributed by atoms with Gasteiger partial charge in [0, 0.05) is 17.0 Å². The molecule has 0 bridgehead atoms. The van der Waals surface area contributed by atoms with Crippen LogP contribution in [0.3, 0.4) is 0 Å². The minimum absolute atomic E-state index is 0.0437. The number of carbonyl (C=O) groups is 1. The first-order chi connectivity index (χ1) is 8.16. The maximum absolute atomic E-state index is 12.2. The number of fused-ring (bicyclic) bond motifs is 3. The summed E-state index contributed by atoms with van der Waals surface area (Å²) in [5, 5.41) is 3.18. The molecule has 0 radical (unpaired) electrons. The van der Waals surface area contributed by atoms with Crippen LogP contribution in [-0.2, 0) is 4.79 Å². The van der Waals surface area contributed by atoms with Crippen LogP contribution >= 0.6 is 0 Å². The summed E-state index contributed by atoms with van der Waals surface area (Å²) in [5.41, 5.74) is 4.78. The second-order valence-corrected chi connectivity index (χ2v) is 5.77. The third-order valence-corrected chi connectivity index (χ3v) is 4.40. The first-order valence-corrected chi connectivity index (χ1v) is 6.35. The highest BCUT2D eigenvalue weighted by atomic mass is 16.1. The van der Waals surface area contributed by atoms with E-state index in [4.69, 9.17) is 0 Å². The molecule has 86 valence electrons. The minimum Gasteiger partial charge on any atom is -0.347 e.